The molecule has 0 aromatic heterocycles. The lowest BCUT2D eigenvalue weighted by molar-refractivity contribution is -0.140. The van der Waals surface area contributed by atoms with Gasteiger partial charge in [0.25, 0.3) is 11.7 Å². The summed E-state index contributed by atoms with van der Waals surface area (Å²) in [6.07, 6.45) is 1.64. The molecule has 0 bridgehead atoms. The van der Waals surface area contributed by atoms with Gasteiger partial charge in [0.05, 0.1) is 18.2 Å². The van der Waals surface area contributed by atoms with Crippen molar-refractivity contribution >= 4 is 17.4 Å². The lowest BCUT2D eigenvalue weighted by Gasteiger charge is -2.26. The van der Waals surface area contributed by atoms with Crippen LogP contribution in [0.15, 0.2) is 66.8 Å². The highest BCUT2D eigenvalue weighted by molar-refractivity contribution is 6.46. The van der Waals surface area contributed by atoms with Crippen LogP contribution in [0, 0.1) is 0 Å². The van der Waals surface area contributed by atoms with Gasteiger partial charge in [-0.3, -0.25) is 9.59 Å². The molecule has 174 valence electrons. The number of hydrogen-bond donors (Lipinski definition) is 1. The number of likely N-dealkylation sites (tertiary alicyclic amines) is 1. The van der Waals surface area contributed by atoms with Gasteiger partial charge in [-0.25, -0.2) is 0 Å². The first-order valence-electron chi connectivity index (χ1n) is 10.9. The lowest BCUT2D eigenvalue weighted by atomic mass is 9.95. The summed E-state index contributed by atoms with van der Waals surface area (Å²) in [4.78, 5) is 29.5. The van der Waals surface area contributed by atoms with Crippen LogP contribution in [-0.4, -0.2) is 67.0 Å². The Hall–Kier alpha value is -3.58. The summed E-state index contributed by atoms with van der Waals surface area (Å²) < 4.78 is 11.0. The Bertz CT molecular complexity index is 1030. The van der Waals surface area contributed by atoms with Crippen molar-refractivity contribution in [2.75, 3.05) is 40.4 Å². The van der Waals surface area contributed by atoms with Crippen LogP contribution < -0.4 is 9.47 Å². The van der Waals surface area contributed by atoms with Crippen LogP contribution in [0.3, 0.4) is 0 Å². The minimum absolute atomic E-state index is 0.0719. The zero-order chi connectivity index (χ0) is 24.0. The molecule has 0 aliphatic carbocycles. The van der Waals surface area contributed by atoms with E-state index in [9.17, 15) is 14.7 Å². The molecule has 0 saturated carbocycles. The van der Waals surface area contributed by atoms with Gasteiger partial charge in [-0.2, -0.15) is 0 Å². The molecule has 1 unspecified atom stereocenters. The Kier molecular flexibility index (Phi) is 7.90. The van der Waals surface area contributed by atoms with Gasteiger partial charge in [0, 0.05) is 18.7 Å². The number of ketones is 1. The number of rotatable bonds is 10. The van der Waals surface area contributed by atoms with E-state index in [4.69, 9.17) is 9.47 Å². The van der Waals surface area contributed by atoms with Crippen LogP contribution in [0.1, 0.15) is 24.1 Å². The normalized spacial score (nSPS) is 17.5. The quantitative estimate of drug-likeness (QED) is 0.258. The molecular formula is C26H30N2O5. The number of nitrogens with zero attached hydrogens (tertiary/aromatic N) is 2. The topological polar surface area (TPSA) is 79.3 Å². The van der Waals surface area contributed by atoms with Crippen molar-refractivity contribution in [3.05, 3.63) is 77.9 Å². The van der Waals surface area contributed by atoms with E-state index in [0.717, 1.165) is 5.56 Å². The van der Waals surface area contributed by atoms with E-state index in [0.29, 0.717) is 43.4 Å². The molecule has 1 fully saturated rings. The van der Waals surface area contributed by atoms with Crippen molar-refractivity contribution in [1.82, 2.24) is 9.80 Å². The fourth-order valence-electron chi connectivity index (χ4n) is 3.70. The first-order chi connectivity index (χ1) is 15.9. The minimum Gasteiger partial charge on any atom is -0.507 e. The number of hydrogen-bond acceptors (Lipinski definition) is 6. The average Bonchev–Trinajstić information content (AvgIpc) is 3.06. The Balaban J connectivity index is 2.04. The van der Waals surface area contributed by atoms with Crippen molar-refractivity contribution in [2.24, 2.45) is 0 Å². The maximum absolute atomic E-state index is 13.1. The van der Waals surface area contributed by atoms with Crippen molar-refractivity contribution in [3.8, 4) is 11.5 Å². The van der Waals surface area contributed by atoms with Gasteiger partial charge in [-0.15, -0.1) is 0 Å². The van der Waals surface area contributed by atoms with Crippen molar-refractivity contribution in [2.45, 2.75) is 13.0 Å². The summed E-state index contributed by atoms with van der Waals surface area (Å²) in [7, 11) is 3.80. The predicted molar refractivity (Wildman–Crippen MR) is 127 cm³/mol. The summed E-state index contributed by atoms with van der Waals surface area (Å²) in [5, 5.41) is 11.1. The molecule has 2 aromatic carbocycles. The molecule has 33 heavy (non-hydrogen) atoms. The van der Waals surface area contributed by atoms with Crippen LogP contribution in [0.25, 0.3) is 5.76 Å². The van der Waals surface area contributed by atoms with Crippen LogP contribution in [-0.2, 0) is 9.59 Å². The Morgan fingerprint density at radius 1 is 1.06 bits per heavy atom. The average molecular weight is 451 g/mol. The Labute approximate surface area is 194 Å². The molecule has 1 saturated heterocycles. The van der Waals surface area contributed by atoms with Gasteiger partial charge in [-0.05, 0) is 63.0 Å². The third kappa shape index (κ3) is 5.43. The maximum atomic E-state index is 13.1. The molecule has 0 radical (unpaired) electrons. The zero-order valence-corrected chi connectivity index (χ0v) is 19.3. The van der Waals surface area contributed by atoms with Gasteiger partial charge in [0.15, 0.2) is 0 Å². The summed E-state index contributed by atoms with van der Waals surface area (Å²) in [6, 6.07) is 13.3. The molecule has 1 aliphatic rings. The van der Waals surface area contributed by atoms with Crippen LogP contribution >= 0.6 is 0 Å². The highest BCUT2D eigenvalue weighted by Crippen LogP contribution is 2.39. The van der Waals surface area contributed by atoms with E-state index in [1.165, 1.54) is 4.90 Å². The molecule has 1 atom stereocenters. The highest BCUT2D eigenvalue weighted by atomic mass is 16.5. The lowest BCUT2D eigenvalue weighted by Crippen LogP contribution is -2.35. The van der Waals surface area contributed by atoms with Crippen molar-refractivity contribution in [1.29, 1.82) is 0 Å². The maximum Gasteiger partial charge on any atom is 0.295 e. The number of amides is 1. The molecule has 1 N–H and O–H groups in total. The molecular weight excluding hydrogens is 420 g/mol. The van der Waals surface area contributed by atoms with Gasteiger partial charge >= 0.3 is 0 Å². The first-order valence-corrected chi connectivity index (χ1v) is 10.9. The molecule has 2 aromatic rings. The van der Waals surface area contributed by atoms with E-state index in [2.05, 4.69) is 6.58 Å². The number of carbonyl (C=O) groups excluding carboxylic acids is 2. The Morgan fingerprint density at radius 2 is 1.67 bits per heavy atom. The summed E-state index contributed by atoms with van der Waals surface area (Å²) in [5.74, 6) is -0.224. The molecule has 0 spiro atoms. The van der Waals surface area contributed by atoms with Crippen LogP contribution in [0.5, 0.6) is 11.5 Å². The smallest absolute Gasteiger partial charge is 0.295 e. The highest BCUT2D eigenvalue weighted by Gasteiger charge is 2.45. The zero-order valence-electron chi connectivity index (χ0n) is 19.3. The number of Topliss-reactive ketones (excluding diaryl/α,β-unsaturated/α-hetero) is 1. The summed E-state index contributed by atoms with van der Waals surface area (Å²) >= 11 is 0. The molecule has 7 nitrogen and oxygen atoms in total. The fourth-order valence-corrected chi connectivity index (χ4v) is 3.70. The second-order valence-corrected chi connectivity index (χ2v) is 7.92. The third-order valence-electron chi connectivity index (χ3n) is 5.33. The largest absolute Gasteiger partial charge is 0.507 e. The van der Waals surface area contributed by atoms with Crippen molar-refractivity contribution < 1.29 is 24.2 Å². The van der Waals surface area contributed by atoms with Gasteiger partial charge in [-0.1, -0.05) is 24.8 Å². The number of aliphatic hydroxyl groups excluding tert-OH is 1. The second kappa shape index (κ2) is 10.8. The van der Waals surface area contributed by atoms with Gasteiger partial charge < -0.3 is 24.4 Å². The van der Waals surface area contributed by atoms with Crippen molar-refractivity contribution in [3.63, 3.8) is 0 Å². The molecule has 1 aliphatic heterocycles. The number of benzene rings is 2. The van der Waals surface area contributed by atoms with E-state index in [1.807, 2.05) is 38.1 Å². The van der Waals surface area contributed by atoms with Crippen LogP contribution in [0.4, 0.5) is 0 Å². The molecule has 7 heteroatoms. The third-order valence-corrected chi connectivity index (χ3v) is 5.33. The molecule has 1 amide bonds. The summed E-state index contributed by atoms with van der Waals surface area (Å²) in [6.45, 7) is 7.34. The van der Waals surface area contributed by atoms with E-state index in [1.54, 1.807) is 42.5 Å². The molecule has 3 rings (SSSR count). The Morgan fingerprint density at radius 3 is 2.24 bits per heavy atom. The fraction of sp³-hybridized carbons (Fsp3) is 0.308. The number of ether oxygens (including phenoxy) is 2. The number of carbonyl (C=O) groups is 2. The van der Waals surface area contributed by atoms with Gasteiger partial charge in [0.2, 0.25) is 0 Å². The van der Waals surface area contributed by atoms with Crippen LogP contribution in [0.2, 0.25) is 0 Å². The second-order valence-electron chi connectivity index (χ2n) is 7.92. The van der Waals surface area contributed by atoms with Gasteiger partial charge in [0.1, 0.15) is 23.9 Å². The monoisotopic (exact) mass is 450 g/mol. The number of likely N-dealkylation sites (N-methyl/N-ethyl adjacent to an activating group) is 1. The SMILES string of the molecule is C=CCOc1ccc(/C(O)=C2/C(=O)C(=O)N(CCN(C)C)C2c2ccc(OCC)cc2)cc1. The first kappa shape index (κ1) is 24.1. The predicted octanol–water partition coefficient (Wildman–Crippen LogP) is 3.63. The minimum atomic E-state index is -0.697. The standard InChI is InChI=1S/C26H30N2O5/c1-5-17-33-21-13-9-19(10-14-21)24(29)22-23(18-7-11-20(12-8-18)32-6-2)28(16-15-27(3)4)26(31)25(22)30/h5,7-14,23,29H,1,6,15-17H2,2-4H3/b24-22-. The van der Waals surface area contributed by atoms with E-state index in [-0.39, 0.29) is 11.3 Å². The summed E-state index contributed by atoms with van der Waals surface area (Å²) in [5.41, 5.74) is 1.23. The molecule has 1 heterocycles. The number of aliphatic hydroxyl groups is 1. The van der Waals surface area contributed by atoms with E-state index >= 15 is 0 Å². The van der Waals surface area contributed by atoms with E-state index < -0.39 is 17.7 Å².